The first kappa shape index (κ1) is 18.2. The molecular weight excluding hydrogens is 360 g/mol. The molecule has 0 spiro atoms. The average molecular weight is 383 g/mol. The molecule has 0 radical (unpaired) electrons. The molecule has 0 N–H and O–H groups in total. The molecule has 1 atom stereocenters. The molecule has 4 rings (SSSR count). The van der Waals surface area contributed by atoms with E-state index >= 15 is 0 Å². The van der Waals surface area contributed by atoms with Crippen LogP contribution in [0, 0.1) is 6.92 Å². The molecule has 27 heavy (non-hydrogen) atoms. The molecule has 3 heterocycles. The van der Waals surface area contributed by atoms with Gasteiger partial charge >= 0.3 is 0 Å². The van der Waals surface area contributed by atoms with Crippen molar-refractivity contribution in [3.05, 3.63) is 70.8 Å². The van der Waals surface area contributed by atoms with Gasteiger partial charge in [0.05, 0.1) is 18.5 Å². The van der Waals surface area contributed by atoms with Gasteiger partial charge in [0.15, 0.2) is 0 Å². The number of nitrogens with zero attached hydrogens (tertiary/aromatic N) is 4. The highest BCUT2D eigenvalue weighted by Crippen LogP contribution is 2.26. The minimum atomic E-state index is -0.0101. The smallest absolute Gasteiger partial charge is 0.112 e. The predicted octanol–water partition coefficient (Wildman–Crippen LogP) is 4.02. The molecule has 6 heteroatoms. The number of aromatic nitrogens is 3. The van der Waals surface area contributed by atoms with Crippen LogP contribution >= 0.6 is 11.6 Å². The number of hydrogen-bond acceptors (Lipinski definition) is 4. The Balaban J connectivity index is 1.46. The van der Waals surface area contributed by atoms with Crippen molar-refractivity contribution in [1.29, 1.82) is 0 Å². The van der Waals surface area contributed by atoms with Crippen LogP contribution in [-0.2, 0) is 18.3 Å². The SMILES string of the molecule is Cc1c(CN2CCO[C@@H](c3ccc(-c4cccc(Cl)c4)cn3)C2)cnn1C. The van der Waals surface area contributed by atoms with Gasteiger partial charge < -0.3 is 4.74 Å². The predicted molar refractivity (Wildman–Crippen MR) is 107 cm³/mol. The summed E-state index contributed by atoms with van der Waals surface area (Å²) in [5, 5.41) is 5.07. The molecule has 3 aromatic rings. The van der Waals surface area contributed by atoms with Crippen molar-refractivity contribution in [2.24, 2.45) is 7.05 Å². The summed E-state index contributed by atoms with van der Waals surface area (Å²) in [6.45, 7) is 5.46. The van der Waals surface area contributed by atoms with Crippen molar-refractivity contribution in [2.45, 2.75) is 19.6 Å². The van der Waals surface area contributed by atoms with Crippen LogP contribution in [0.5, 0.6) is 0 Å². The monoisotopic (exact) mass is 382 g/mol. The summed E-state index contributed by atoms with van der Waals surface area (Å²) in [5.41, 5.74) is 5.57. The Hall–Kier alpha value is -2.21. The Morgan fingerprint density at radius 2 is 2.07 bits per heavy atom. The first-order valence-corrected chi connectivity index (χ1v) is 9.51. The average Bonchev–Trinajstić information content (AvgIpc) is 3.00. The second-order valence-electron chi connectivity index (χ2n) is 6.96. The Kier molecular flexibility index (Phi) is 5.25. The van der Waals surface area contributed by atoms with E-state index in [1.165, 1.54) is 11.3 Å². The number of aryl methyl sites for hydroxylation is 1. The summed E-state index contributed by atoms with van der Waals surface area (Å²) < 4.78 is 7.91. The number of rotatable bonds is 4. The fraction of sp³-hybridized carbons (Fsp3) is 0.333. The van der Waals surface area contributed by atoms with E-state index in [-0.39, 0.29) is 6.10 Å². The number of hydrogen-bond donors (Lipinski definition) is 0. The molecule has 1 aliphatic rings. The largest absolute Gasteiger partial charge is 0.369 e. The number of morpholine rings is 1. The molecule has 0 saturated carbocycles. The molecule has 5 nitrogen and oxygen atoms in total. The molecule has 0 bridgehead atoms. The highest BCUT2D eigenvalue weighted by atomic mass is 35.5. The molecule has 0 amide bonds. The highest BCUT2D eigenvalue weighted by molar-refractivity contribution is 6.30. The Bertz CT molecular complexity index is 922. The number of pyridine rings is 1. The summed E-state index contributed by atoms with van der Waals surface area (Å²) in [6.07, 6.45) is 3.84. The summed E-state index contributed by atoms with van der Waals surface area (Å²) in [4.78, 5) is 7.07. The van der Waals surface area contributed by atoms with Crippen molar-refractivity contribution >= 4 is 11.6 Å². The maximum atomic E-state index is 6.09. The summed E-state index contributed by atoms with van der Waals surface area (Å²) in [7, 11) is 1.98. The summed E-state index contributed by atoms with van der Waals surface area (Å²) in [6, 6.07) is 12.0. The third kappa shape index (κ3) is 4.05. The Morgan fingerprint density at radius 1 is 1.19 bits per heavy atom. The van der Waals surface area contributed by atoms with Crippen LogP contribution < -0.4 is 0 Å². The van der Waals surface area contributed by atoms with Gasteiger partial charge in [-0.1, -0.05) is 29.8 Å². The van der Waals surface area contributed by atoms with Gasteiger partial charge in [0, 0.05) is 54.7 Å². The van der Waals surface area contributed by atoms with Crippen LogP contribution in [0.25, 0.3) is 11.1 Å². The zero-order valence-electron chi connectivity index (χ0n) is 15.6. The van der Waals surface area contributed by atoms with Crippen LogP contribution in [0.3, 0.4) is 0 Å². The van der Waals surface area contributed by atoms with Crippen LogP contribution in [0.15, 0.2) is 48.8 Å². The first-order valence-electron chi connectivity index (χ1n) is 9.13. The van der Waals surface area contributed by atoms with Crippen molar-refractivity contribution < 1.29 is 4.74 Å². The topological polar surface area (TPSA) is 43.2 Å². The van der Waals surface area contributed by atoms with E-state index in [1.807, 2.05) is 48.4 Å². The molecule has 0 aliphatic carbocycles. The molecule has 1 fully saturated rings. The maximum absolute atomic E-state index is 6.09. The fourth-order valence-corrected chi connectivity index (χ4v) is 3.59. The van der Waals surface area contributed by atoms with Gasteiger partial charge in [0.1, 0.15) is 6.10 Å². The standard InChI is InChI=1S/C21H23ClN4O/c1-15-18(12-24-25(15)2)13-26-8-9-27-21(14-26)20-7-6-17(11-23-20)16-4-3-5-19(22)10-16/h3-7,10-12,21H,8-9,13-14H2,1-2H3/t21-/m1/s1. The van der Waals surface area contributed by atoms with E-state index < -0.39 is 0 Å². The highest BCUT2D eigenvalue weighted by Gasteiger charge is 2.24. The lowest BCUT2D eigenvalue weighted by atomic mass is 10.1. The van der Waals surface area contributed by atoms with Gasteiger partial charge in [0.25, 0.3) is 0 Å². The lowest BCUT2D eigenvalue weighted by Crippen LogP contribution is -2.38. The number of halogens is 1. The molecular formula is C21H23ClN4O. The normalized spacial score (nSPS) is 18.0. The molecule has 140 valence electrons. The molecule has 2 aromatic heterocycles. The van der Waals surface area contributed by atoms with Crippen LogP contribution in [0.2, 0.25) is 5.02 Å². The van der Waals surface area contributed by atoms with Crippen LogP contribution in [0.4, 0.5) is 0 Å². The van der Waals surface area contributed by atoms with E-state index in [2.05, 4.69) is 34.0 Å². The second-order valence-corrected chi connectivity index (χ2v) is 7.39. The number of benzene rings is 1. The minimum Gasteiger partial charge on any atom is -0.369 e. The minimum absolute atomic E-state index is 0.0101. The van der Waals surface area contributed by atoms with Crippen molar-refractivity contribution in [3.63, 3.8) is 0 Å². The molecule has 1 aliphatic heterocycles. The van der Waals surface area contributed by atoms with Gasteiger partial charge in [-0.2, -0.15) is 5.10 Å². The molecule has 0 unspecified atom stereocenters. The van der Waals surface area contributed by atoms with Crippen LogP contribution in [0.1, 0.15) is 23.1 Å². The zero-order chi connectivity index (χ0) is 18.8. The van der Waals surface area contributed by atoms with Gasteiger partial charge in [-0.05, 0) is 30.7 Å². The Labute approximate surface area is 164 Å². The first-order chi connectivity index (χ1) is 13.1. The fourth-order valence-electron chi connectivity index (χ4n) is 3.40. The lowest BCUT2D eigenvalue weighted by molar-refractivity contribution is -0.0350. The third-order valence-corrected chi connectivity index (χ3v) is 5.39. The van der Waals surface area contributed by atoms with Gasteiger partial charge in [-0.25, -0.2) is 0 Å². The molecule has 1 aromatic carbocycles. The van der Waals surface area contributed by atoms with Gasteiger partial charge in [-0.15, -0.1) is 0 Å². The van der Waals surface area contributed by atoms with Crippen LogP contribution in [-0.4, -0.2) is 39.4 Å². The third-order valence-electron chi connectivity index (χ3n) is 5.16. The lowest BCUT2D eigenvalue weighted by Gasteiger charge is -2.32. The van der Waals surface area contributed by atoms with Crippen molar-refractivity contribution in [3.8, 4) is 11.1 Å². The second kappa shape index (κ2) is 7.80. The van der Waals surface area contributed by atoms with E-state index in [9.17, 15) is 0 Å². The maximum Gasteiger partial charge on any atom is 0.112 e. The molecule has 1 saturated heterocycles. The van der Waals surface area contributed by atoms with Crippen molar-refractivity contribution in [1.82, 2.24) is 19.7 Å². The van der Waals surface area contributed by atoms with Gasteiger partial charge in [0.2, 0.25) is 0 Å². The quantitative estimate of drug-likeness (QED) is 0.683. The summed E-state index contributed by atoms with van der Waals surface area (Å²) in [5.74, 6) is 0. The van der Waals surface area contributed by atoms with Crippen molar-refractivity contribution in [2.75, 3.05) is 19.7 Å². The van der Waals surface area contributed by atoms with Gasteiger partial charge in [-0.3, -0.25) is 14.6 Å². The summed E-state index contributed by atoms with van der Waals surface area (Å²) >= 11 is 6.09. The number of ether oxygens (including phenoxy) is 1. The van der Waals surface area contributed by atoms with E-state index in [4.69, 9.17) is 16.3 Å². The van der Waals surface area contributed by atoms with E-state index in [0.29, 0.717) is 6.61 Å². The van der Waals surface area contributed by atoms with E-state index in [0.717, 1.165) is 41.5 Å². The zero-order valence-corrected chi connectivity index (χ0v) is 16.4. The Morgan fingerprint density at radius 3 is 2.78 bits per heavy atom. The van der Waals surface area contributed by atoms with E-state index in [1.54, 1.807) is 0 Å².